The van der Waals surface area contributed by atoms with Crippen LogP contribution in [0.1, 0.15) is 32.4 Å². The van der Waals surface area contributed by atoms with Crippen molar-refractivity contribution < 1.29 is 9.13 Å². The number of halogens is 2. The van der Waals surface area contributed by atoms with Gasteiger partial charge in [0, 0.05) is 45.8 Å². The average molecular weight is 521 g/mol. The molecule has 0 aliphatic carbocycles. The van der Waals surface area contributed by atoms with Crippen molar-refractivity contribution in [1.82, 2.24) is 20.4 Å². The van der Waals surface area contributed by atoms with Crippen LogP contribution in [0.25, 0.3) is 0 Å². The topological polar surface area (TPSA) is 52.1 Å². The van der Waals surface area contributed by atoms with Crippen LogP contribution in [-0.4, -0.2) is 81.3 Å². The maximum absolute atomic E-state index is 13.4. The van der Waals surface area contributed by atoms with E-state index in [1.54, 1.807) is 7.05 Å². The highest BCUT2D eigenvalue weighted by atomic mass is 127. The second-order valence-corrected chi connectivity index (χ2v) is 7.32. The largest absolute Gasteiger partial charge is 0.379 e. The van der Waals surface area contributed by atoms with E-state index in [9.17, 15) is 4.39 Å². The third-order valence-corrected chi connectivity index (χ3v) is 5.26. The van der Waals surface area contributed by atoms with Crippen molar-refractivity contribution in [1.29, 1.82) is 0 Å². The Labute approximate surface area is 192 Å². The minimum absolute atomic E-state index is 0. The molecule has 1 atom stereocenters. The molecule has 2 N–H and O–H groups in total. The number of nitrogens with zero attached hydrogens (tertiary/aromatic N) is 3. The fraction of sp³-hybridized carbons (Fsp3) is 0.667. The lowest BCUT2D eigenvalue weighted by Crippen LogP contribution is -2.47. The zero-order chi connectivity index (χ0) is 20.4. The molecule has 29 heavy (non-hydrogen) atoms. The molecular weight excluding hydrogens is 484 g/mol. The highest BCUT2D eigenvalue weighted by Gasteiger charge is 2.23. The highest BCUT2D eigenvalue weighted by molar-refractivity contribution is 14.0. The molecule has 166 valence electrons. The van der Waals surface area contributed by atoms with Crippen LogP contribution in [0.15, 0.2) is 29.3 Å². The summed E-state index contributed by atoms with van der Waals surface area (Å²) in [6.45, 7) is 13.4. The Kier molecular flexibility index (Phi) is 12.7. The number of likely N-dealkylation sites (N-methyl/N-ethyl adjacent to an activating group) is 1. The van der Waals surface area contributed by atoms with Gasteiger partial charge in [-0.15, -0.1) is 24.0 Å². The first-order valence-corrected chi connectivity index (χ1v) is 10.3. The fourth-order valence-corrected chi connectivity index (χ4v) is 3.55. The Bertz CT molecular complexity index is 593. The van der Waals surface area contributed by atoms with Crippen LogP contribution in [0.5, 0.6) is 0 Å². The number of hydrogen-bond donors (Lipinski definition) is 2. The zero-order valence-electron chi connectivity index (χ0n) is 18.2. The highest BCUT2D eigenvalue weighted by Crippen LogP contribution is 2.21. The summed E-state index contributed by atoms with van der Waals surface area (Å²) in [6, 6.07) is 7.48. The molecular formula is C21H37FIN5O. The molecule has 6 nitrogen and oxygen atoms in total. The summed E-state index contributed by atoms with van der Waals surface area (Å²) in [7, 11) is 1.79. The van der Waals surface area contributed by atoms with Crippen LogP contribution in [0.4, 0.5) is 4.39 Å². The summed E-state index contributed by atoms with van der Waals surface area (Å²) in [5.74, 6) is 0.584. The number of guanidine groups is 1. The molecule has 0 aromatic heterocycles. The second kappa shape index (κ2) is 14.1. The summed E-state index contributed by atoms with van der Waals surface area (Å²) in [4.78, 5) is 9.15. The lowest BCUT2D eigenvalue weighted by atomic mass is 10.0. The Morgan fingerprint density at radius 3 is 2.41 bits per heavy atom. The number of rotatable bonds is 9. The Morgan fingerprint density at radius 2 is 1.86 bits per heavy atom. The average Bonchev–Trinajstić information content (AvgIpc) is 2.71. The van der Waals surface area contributed by atoms with Gasteiger partial charge in [0.1, 0.15) is 5.82 Å². The number of hydrogen-bond acceptors (Lipinski definition) is 4. The van der Waals surface area contributed by atoms with Gasteiger partial charge >= 0.3 is 0 Å². The van der Waals surface area contributed by atoms with Crippen molar-refractivity contribution in [2.75, 3.05) is 59.5 Å². The van der Waals surface area contributed by atoms with Crippen LogP contribution in [0.2, 0.25) is 0 Å². The number of morpholine rings is 1. The molecule has 1 heterocycles. The third kappa shape index (κ3) is 8.74. The first kappa shape index (κ1) is 26.1. The van der Waals surface area contributed by atoms with E-state index in [1.165, 1.54) is 12.1 Å². The predicted molar refractivity (Wildman–Crippen MR) is 129 cm³/mol. The van der Waals surface area contributed by atoms with Gasteiger partial charge in [-0.1, -0.05) is 19.1 Å². The lowest BCUT2D eigenvalue weighted by Gasteiger charge is -2.35. The van der Waals surface area contributed by atoms with Gasteiger partial charge in [-0.05, 0) is 38.1 Å². The summed E-state index contributed by atoms with van der Waals surface area (Å²) in [6.07, 6.45) is 0. The van der Waals surface area contributed by atoms with E-state index in [2.05, 4.69) is 46.2 Å². The molecule has 8 heteroatoms. The number of benzene rings is 1. The first-order valence-electron chi connectivity index (χ1n) is 10.3. The molecule has 1 fully saturated rings. The molecule has 1 aromatic carbocycles. The van der Waals surface area contributed by atoms with E-state index < -0.39 is 0 Å². The molecule has 1 aliphatic rings. The Balaban J connectivity index is 0.00000420. The van der Waals surface area contributed by atoms with Crippen LogP contribution in [0, 0.1) is 5.82 Å². The molecule has 2 rings (SSSR count). The lowest BCUT2D eigenvalue weighted by molar-refractivity contribution is 0.0170. The number of ether oxygens (including phenoxy) is 1. The van der Waals surface area contributed by atoms with Gasteiger partial charge < -0.3 is 15.4 Å². The molecule has 0 saturated carbocycles. The number of nitrogens with one attached hydrogen (secondary N) is 2. The minimum Gasteiger partial charge on any atom is -0.379 e. The molecule has 0 radical (unpaired) electrons. The maximum Gasteiger partial charge on any atom is 0.191 e. The van der Waals surface area contributed by atoms with Crippen LogP contribution in [-0.2, 0) is 4.74 Å². The van der Waals surface area contributed by atoms with Crippen LogP contribution >= 0.6 is 24.0 Å². The summed E-state index contributed by atoms with van der Waals surface area (Å²) in [5, 5.41) is 6.85. The van der Waals surface area contributed by atoms with Gasteiger partial charge in [0.15, 0.2) is 5.96 Å². The Hall–Kier alpha value is -0.970. The summed E-state index contributed by atoms with van der Waals surface area (Å²) in [5.41, 5.74) is 1.10. The normalized spacial score (nSPS) is 16.6. The predicted octanol–water partition coefficient (Wildman–Crippen LogP) is 2.71. The Morgan fingerprint density at radius 1 is 1.21 bits per heavy atom. The SMILES string of the molecule is CCN(CCNC(=NC)NCC(c1ccc(F)cc1)N1CCOCC1)C(C)C.I. The van der Waals surface area contributed by atoms with E-state index in [1.807, 2.05) is 12.1 Å². The smallest absolute Gasteiger partial charge is 0.191 e. The second-order valence-electron chi connectivity index (χ2n) is 7.32. The standard InChI is InChI=1S/C21H36FN5O.HI/c1-5-26(17(2)3)11-10-24-21(23-4)25-16-20(27-12-14-28-15-13-27)18-6-8-19(22)9-7-18;/h6-9,17,20H,5,10-16H2,1-4H3,(H2,23,24,25);1H. The van der Waals surface area contributed by atoms with E-state index in [0.717, 1.165) is 57.5 Å². The molecule has 1 saturated heterocycles. The minimum atomic E-state index is -0.208. The number of aliphatic imine (C=N–C) groups is 1. The van der Waals surface area contributed by atoms with Gasteiger partial charge in [-0.25, -0.2) is 4.39 Å². The first-order chi connectivity index (χ1) is 13.5. The van der Waals surface area contributed by atoms with Crippen LogP contribution in [0.3, 0.4) is 0 Å². The maximum atomic E-state index is 13.4. The van der Waals surface area contributed by atoms with Gasteiger partial charge in [0.25, 0.3) is 0 Å². The van der Waals surface area contributed by atoms with Gasteiger partial charge in [0.05, 0.1) is 19.3 Å². The van der Waals surface area contributed by atoms with Crippen molar-refractivity contribution in [3.63, 3.8) is 0 Å². The monoisotopic (exact) mass is 521 g/mol. The van der Waals surface area contributed by atoms with Crippen molar-refractivity contribution >= 4 is 29.9 Å². The summed E-state index contributed by atoms with van der Waals surface area (Å²) < 4.78 is 18.9. The quantitative estimate of drug-likeness (QED) is 0.298. The molecule has 1 aromatic rings. The van der Waals surface area contributed by atoms with Gasteiger partial charge in [0.2, 0.25) is 0 Å². The van der Waals surface area contributed by atoms with Crippen molar-refractivity contribution in [2.24, 2.45) is 4.99 Å². The molecule has 1 unspecified atom stereocenters. The van der Waals surface area contributed by atoms with Gasteiger partial charge in [-0.3, -0.25) is 14.8 Å². The molecule has 0 spiro atoms. The fourth-order valence-electron chi connectivity index (χ4n) is 3.55. The van der Waals surface area contributed by atoms with E-state index in [-0.39, 0.29) is 35.8 Å². The zero-order valence-corrected chi connectivity index (χ0v) is 20.5. The van der Waals surface area contributed by atoms with E-state index in [0.29, 0.717) is 12.6 Å². The van der Waals surface area contributed by atoms with Crippen LogP contribution < -0.4 is 10.6 Å². The van der Waals surface area contributed by atoms with E-state index >= 15 is 0 Å². The molecule has 1 aliphatic heterocycles. The van der Waals surface area contributed by atoms with Gasteiger partial charge in [-0.2, -0.15) is 0 Å². The molecule has 0 amide bonds. The van der Waals surface area contributed by atoms with Crippen molar-refractivity contribution in [3.05, 3.63) is 35.6 Å². The van der Waals surface area contributed by atoms with E-state index in [4.69, 9.17) is 4.74 Å². The third-order valence-electron chi connectivity index (χ3n) is 5.26. The van der Waals surface area contributed by atoms with Crippen molar-refractivity contribution in [2.45, 2.75) is 32.9 Å². The molecule has 0 bridgehead atoms. The van der Waals surface area contributed by atoms with Crippen molar-refractivity contribution in [3.8, 4) is 0 Å². The summed E-state index contributed by atoms with van der Waals surface area (Å²) >= 11 is 0.